The Morgan fingerprint density at radius 3 is 2.58 bits per heavy atom. The van der Waals surface area contributed by atoms with Crippen molar-refractivity contribution in [2.24, 2.45) is 7.05 Å². The summed E-state index contributed by atoms with van der Waals surface area (Å²) in [5.41, 5.74) is 2.58. The Hall–Kier alpha value is -3.04. The zero-order valence-corrected chi connectivity index (χ0v) is 18.0. The molecule has 9 nitrogen and oxygen atoms in total. The number of Topliss-reactive ketones (excluding diaryl/α,β-unsaturated/α-hetero) is 1. The van der Waals surface area contributed by atoms with Crippen LogP contribution >= 0.6 is 0 Å². The van der Waals surface area contributed by atoms with Crippen LogP contribution in [0.15, 0.2) is 30.1 Å². The van der Waals surface area contributed by atoms with Crippen LogP contribution in [0.2, 0.25) is 0 Å². The molecule has 164 valence electrons. The molecule has 0 spiro atoms. The van der Waals surface area contributed by atoms with Crippen LogP contribution in [0.1, 0.15) is 28.6 Å². The summed E-state index contributed by atoms with van der Waals surface area (Å²) in [6, 6.07) is 2.88. The molecule has 9 heteroatoms. The highest BCUT2D eigenvalue weighted by molar-refractivity contribution is 6.46. The van der Waals surface area contributed by atoms with Gasteiger partial charge in [-0.1, -0.05) is 6.07 Å². The zero-order chi connectivity index (χ0) is 22.1. The van der Waals surface area contributed by atoms with E-state index in [0.29, 0.717) is 43.1 Å². The van der Waals surface area contributed by atoms with E-state index in [0.717, 1.165) is 18.8 Å². The molecule has 1 amide bonds. The second-order valence-electron chi connectivity index (χ2n) is 7.90. The molecule has 2 fully saturated rings. The van der Waals surface area contributed by atoms with E-state index in [1.165, 1.54) is 0 Å². The van der Waals surface area contributed by atoms with E-state index in [4.69, 9.17) is 4.74 Å². The van der Waals surface area contributed by atoms with Crippen LogP contribution in [0.25, 0.3) is 5.76 Å². The first-order valence-electron chi connectivity index (χ1n) is 10.4. The largest absolute Gasteiger partial charge is 0.507 e. The molecule has 1 atom stereocenters. The zero-order valence-electron chi connectivity index (χ0n) is 18.0. The highest BCUT2D eigenvalue weighted by Crippen LogP contribution is 2.39. The number of morpholine rings is 1. The van der Waals surface area contributed by atoms with Gasteiger partial charge in [-0.2, -0.15) is 5.10 Å². The number of ether oxygens (including phenoxy) is 1. The Morgan fingerprint density at radius 1 is 1.23 bits per heavy atom. The molecule has 0 aromatic carbocycles. The molecule has 0 unspecified atom stereocenters. The number of aromatic nitrogens is 3. The summed E-state index contributed by atoms with van der Waals surface area (Å²) in [7, 11) is 1.78. The maximum atomic E-state index is 13.1. The quantitative estimate of drug-likeness (QED) is 0.436. The number of hydrogen-bond acceptors (Lipinski definition) is 7. The molecule has 2 aromatic rings. The summed E-state index contributed by atoms with van der Waals surface area (Å²) in [5, 5.41) is 15.6. The molecule has 2 aliphatic rings. The first-order valence-corrected chi connectivity index (χ1v) is 10.4. The maximum absolute atomic E-state index is 13.1. The van der Waals surface area contributed by atoms with Gasteiger partial charge in [0.25, 0.3) is 11.7 Å². The van der Waals surface area contributed by atoms with Crippen LogP contribution < -0.4 is 0 Å². The number of carbonyl (C=O) groups is 2. The van der Waals surface area contributed by atoms with E-state index in [1.807, 2.05) is 13.0 Å². The van der Waals surface area contributed by atoms with E-state index in [9.17, 15) is 14.7 Å². The summed E-state index contributed by atoms with van der Waals surface area (Å²) < 4.78 is 7.04. The van der Waals surface area contributed by atoms with Crippen LogP contribution in [-0.4, -0.2) is 80.8 Å². The van der Waals surface area contributed by atoms with E-state index in [1.54, 1.807) is 42.0 Å². The second kappa shape index (κ2) is 8.60. The van der Waals surface area contributed by atoms with Crippen molar-refractivity contribution < 1.29 is 19.4 Å². The lowest BCUT2D eigenvalue weighted by molar-refractivity contribution is -0.140. The van der Waals surface area contributed by atoms with E-state index in [-0.39, 0.29) is 11.3 Å². The fourth-order valence-corrected chi connectivity index (χ4v) is 4.32. The van der Waals surface area contributed by atoms with Gasteiger partial charge in [0.05, 0.1) is 36.1 Å². The number of amides is 1. The number of aliphatic hydroxyl groups excluding tert-OH is 1. The molecule has 4 rings (SSSR count). The van der Waals surface area contributed by atoms with Crippen molar-refractivity contribution in [2.45, 2.75) is 19.9 Å². The second-order valence-corrected chi connectivity index (χ2v) is 7.90. The fourth-order valence-electron chi connectivity index (χ4n) is 4.32. The van der Waals surface area contributed by atoms with Gasteiger partial charge in [-0.15, -0.1) is 0 Å². The minimum Gasteiger partial charge on any atom is -0.507 e. The number of pyridine rings is 1. The topological polar surface area (TPSA) is 101 Å². The average Bonchev–Trinajstić information content (AvgIpc) is 3.18. The van der Waals surface area contributed by atoms with E-state index >= 15 is 0 Å². The van der Waals surface area contributed by atoms with E-state index < -0.39 is 17.7 Å². The summed E-state index contributed by atoms with van der Waals surface area (Å²) in [6.07, 6.45) is 3.27. The van der Waals surface area contributed by atoms with Crippen LogP contribution in [0, 0.1) is 13.8 Å². The van der Waals surface area contributed by atoms with Gasteiger partial charge in [0.1, 0.15) is 5.76 Å². The summed E-state index contributed by atoms with van der Waals surface area (Å²) in [4.78, 5) is 34.1. The third-order valence-electron chi connectivity index (χ3n) is 6.05. The molecule has 31 heavy (non-hydrogen) atoms. The number of nitrogens with zero attached hydrogens (tertiary/aromatic N) is 5. The van der Waals surface area contributed by atoms with Crippen LogP contribution in [0.4, 0.5) is 0 Å². The molecular formula is C22H27N5O4. The van der Waals surface area contributed by atoms with Gasteiger partial charge in [0, 0.05) is 51.3 Å². The van der Waals surface area contributed by atoms with Crippen LogP contribution in [0.3, 0.4) is 0 Å². The van der Waals surface area contributed by atoms with Crippen LogP contribution in [-0.2, 0) is 21.4 Å². The first-order chi connectivity index (χ1) is 14.9. The number of aliphatic hydroxyl groups is 1. The van der Waals surface area contributed by atoms with Crippen molar-refractivity contribution in [3.05, 3.63) is 52.6 Å². The summed E-state index contributed by atoms with van der Waals surface area (Å²) in [5.74, 6) is -1.48. The van der Waals surface area contributed by atoms with Crippen molar-refractivity contribution in [3.8, 4) is 0 Å². The molecule has 0 bridgehead atoms. The lowest BCUT2D eigenvalue weighted by atomic mass is 9.95. The molecule has 2 saturated heterocycles. The van der Waals surface area contributed by atoms with Gasteiger partial charge < -0.3 is 14.7 Å². The van der Waals surface area contributed by atoms with Gasteiger partial charge in [0.15, 0.2) is 0 Å². The Morgan fingerprint density at radius 2 is 1.97 bits per heavy atom. The SMILES string of the molecule is Cc1nn(C)c(C)c1/C(O)=C1\C(=O)C(=O)N(CCN2CCOCC2)[C@@H]1c1cccnc1. The predicted molar refractivity (Wildman–Crippen MR) is 113 cm³/mol. The normalized spacial score (nSPS) is 21.8. The molecule has 4 heterocycles. The molecule has 0 radical (unpaired) electrons. The predicted octanol–water partition coefficient (Wildman–Crippen LogP) is 1.19. The fraction of sp³-hybridized carbons (Fsp3) is 0.455. The minimum atomic E-state index is -0.700. The van der Waals surface area contributed by atoms with Gasteiger partial charge >= 0.3 is 0 Å². The number of rotatable bonds is 5. The van der Waals surface area contributed by atoms with Crippen molar-refractivity contribution in [3.63, 3.8) is 0 Å². The third-order valence-corrected chi connectivity index (χ3v) is 6.05. The van der Waals surface area contributed by atoms with Gasteiger partial charge in [0.2, 0.25) is 0 Å². The molecule has 0 saturated carbocycles. The standard InChI is InChI=1S/C22H27N5O4/c1-14-17(15(2)25(3)24-14)20(28)18-19(16-5-4-6-23-13-16)27(22(30)21(18)29)8-7-26-9-11-31-12-10-26/h4-6,13,19,28H,7-12H2,1-3H3/b20-18+/t19-/m1/s1. The van der Waals surface area contributed by atoms with E-state index in [2.05, 4.69) is 15.0 Å². The Balaban J connectivity index is 1.76. The molecule has 2 aliphatic heterocycles. The maximum Gasteiger partial charge on any atom is 0.295 e. The smallest absolute Gasteiger partial charge is 0.295 e. The van der Waals surface area contributed by atoms with Crippen molar-refractivity contribution in [2.75, 3.05) is 39.4 Å². The van der Waals surface area contributed by atoms with Crippen molar-refractivity contribution >= 4 is 17.4 Å². The van der Waals surface area contributed by atoms with Crippen molar-refractivity contribution in [1.82, 2.24) is 24.6 Å². The average molecular weight is 425 g/mol. The third kappa shape index (κ3) is 3.86. The number of ketones is 1. The lowest BCUT2D eigenvalue weighted by Crippen LogP contribution is -2.42. The minimum absolute atomic E-state index is 0.0826. The molecule has 1 N–H and O–H groups in total. The van der Waals surface area contributed by atoms with Gasteiger partial charge in [-0.25, -0.2) is 0 Å². The van der Waals surface area contributed by atoms with Crippen molar-refractivity contribution in [1.29, 1.82) is 0 Å². The summed E-state index contributed by atoms with van der Waals surface area (Å²) >= 11 is 0. The first kappa shape index (κ1) is 21.2. The molecule has 2 aromatic heterocycles. The molecular weight excluding hydrogens is 398 g/mol. The highest BCUT2D eigenvalue weighted by atomic mass is 16.5. The van der Waals surface area contributed by atoms with Gasteiger partial charge in [-0.3, -0.25) is 24.2 Å². The van der Waals surface area contributed by atoms with Crippen LogP contribution in [0.5, 0.6) is 0 Å². The van der Waals surface area contributed by atoms with Gasteiger partial charge in [-0.05, 0) is 25.5 Å². The Kier molecular flexibility index (Phi) is 5.88. The number of aryl methyl sites for hydroxylation is 2. The number of likely N-dealkylation sites (tertiary alicyclic amines) is 1. The monoisotopic (exact) mass is 425 g/mol. The Bertz CT molecular complexity index is 1020. The molecule has 0 aliphatic carbocycles. The Labute approximate surface area is 180 Å². The summed E-state index contributed by atoms with van der Waals surface area (Å²) in [6.45, 7) is 7.47. The highest BCUT2D eigenvalue weighted by Gasteiger charge is 2.46. The lowest BCUT2D eigenvalue weighted by Gasteiger charge is -2.30. The number of carbonyl (C=O) groups excluding carboxylic acids is 2. The number of hydrogen-bond donors (Lipinski definition) is 1.